The van der Waals surface area contributed by atoms with Crippen LogP contribution >= 0.6 is 22.9 Å². The van der Waals surface area contributed by atoms with Crippen molar-refractivity contribution < 1.29 is 23.7 Å². The Bertz CT molecular complexity index is 965. The molecule has 2 aromatic rings. The van der Waals surface area contributed by atoms with E-state index < -0.39 is 29.8 Å². The van der Waals surface area contributed by atoms with Gasteiger partial charge in [0, 0.05) is 42.3 Å². The van der Waals surface area contributed by atoms with E-state index in [0.29, 0.717) is 48.1 Å². The summed E-state index contributed by atoms with van der Waals surface area (Å²) in [7, 11) is 0. The number of fused-ring (bicyclic) bond motifs is 2. The molecule has 0 bridgehead atoms. The van der Waals surface area contributed by atoms with Gasteiger partial charge in [0.2, 0.25) is 0 Å². The van der Waals surface area contributed by atoms with E-state index in [1.54, 1.807) is 18.5 Å². The number of likely N-dealkylation sites (tertiary alicyclic amines) is 1. The lowest BCUT2D eigenvalue weighted by molar-refractivity contribution is -0.210. The second kappa shape index (κ2) is 8.56. The molecule has 7 nitrogen and oxygen atoms in total. The summed E-state index contributed by atoms with van der Waals surface area (Å²) < 4.78 is 35.4. The molecule has 32 heavy (non-hydrogen) atoms. The van der Waals surface area contributed by atoms with Crippen molar-refractivity contribution in [1.29, 1.82) is 0 Å². The Hall–Kier alpha value is -1.17. The van der Waals surface area contributed by atoms with E-state index in [1.165, 1.54) is 17.4 Å². The van der Waals surface area contributed by atoms with Crippen molar-refractivity contribution >= 4 is 22.9 Å². The molecular weight excluding hydrogens is 462 g/mol. The van der Waals surface area contributed by atoms with E-state index >= 15 is 0 Å². The van der Waals surface area contributed by atoms with Crippen molar-refractivity contribution in [3.05, 3.63) is 32.7 Å². The van der Waals surface area contributed by atoms with Crippen molar-refractivity contribution in [2.24, 2.45) is 0 Å². The average molecular weight is 491 g/mol. The maximum Gasteiger partial charge on any atom is 0.273 e. The minimum absolute atomic E-state index is 0.0942. The molecule has 0 unspecified atom stereocenters. The van der Waals surface area contributed by atoms with Crippen LogP contribution in [-0.4, -0.2) is 61.3 Å². The SMILES string of the molecule is C[C@H]1C[C@@]2(CCN1Cc1cn(CCC(C)(C)O)nn1)OC[C@@](O)(C(F)F)c1cc(Cl)sc12. The van der Waals surface area contributed by atoms with Gasteiger partial charge in [0.05, 0.1) is 22.2 Å². The van der Waals surface area contributed by atoms with Gasteiger partial charge in [0.25, 0.3) is 6.43 Å². The average Bonchev–Trinajstić information content (AvgIpc) is 3.32. The Morgan fingerprint density at radius 1 is 1.44 bits per heavy atom. The molecular formula is C21H29ClF2N4O3S. The molecule has 4 heterocycles. The number of halogens is 3. The number of aryl methyl sites for hydroxylation is 1. The van der Waals surface area contributed by atoms with Crippen LogP contribution in [0.15, 0.2) is 12.3 Å². The lowest BCUT2D eigenvalue weighted by Crippen LogP contribution is -2.54. The second-order valence-electron chi connectivity index (χ2n) is 9.61. The van der Waals surface area contributed by atoms with Crippen molar-refractivity contribution in [2.45, 2.75) is 82.4 Å². The van der Waals surface area contributed by atoms with Crippen LogP contribution in [0.1, 0.15) is 56.2 Å². The number of hydrogen-bond donors (Lipinski definition) is 2. The standard InChI is InChI=1S/C21H29ClF2N4O3S/c1-13-9-20(17-15(8-16(22)32-17)21(30,12-31-20)18(23)24)5-6-27(13)10-14-11-28(26-25-14)7-4-19(2,3)29/h8,11,13,18,29-30H,4-7,9-10,12H2,1-3H3/t13-,20+,21-/m0/s1. The number of piperidine rings is 1. The van der Waals surface area contributed by atoms with Crippen LogP contribution in [0.25, 0.3) is 0 Å². The van der Waals surface area contributed by atoms with Crippen LogP contribution in [-0.2, 0) is 29.0 Å². The van der Waals surface area contributed by atoms with Gasteiger partial charge in [-0.15, -0.1) is 16.4 Å². The molecule has 2 aliphatic heterocycles. The topological polar surface area (TPSA) is 83.6 Å². The Balaban J connectivity index is 1.46. The quantitative estimate of drug-likeness (QED) is 0.644. The molecule has 178 valence electrons. The lowest BCUT2D eigenvalue weighted by Gasteiger charge is -2.49. The first kappa shape index (κ1) is 24.0. The van der Waals surface area contributed by atoms with Gasteiger partial charge >= 0.3 is 0 Å². The number of thiophene rings is 1. The van der Waals surface area contributed by atoms with Gasteiger partial charge in [-0.3, -0.25) is 9.58 Å². The zero-order chi connectivity index (χ0) is 23.3. The third kappa shape index (κ3) is 4.58. The number of aliphatic hydroxyl groups is 2. The first-order valence-electron chi connectivity index (χ1n) is 10.7. The third-order valence-corrected chi connectivity index (χ3v) is 7.92. The number of rotatable bonds is 6. The van der Waals surface area contributed by atoms with E-state index in [0.717, 1.165) is 5.69 Å². The minimum atomic E-state index is -2.96. The summed E-state index contributed by atoms with van der Waals surface area (Å²) in [6.07, 6.45) is 0.712. The van der Waals surface area contributed by atoms with Gasteiger partial charge in [-0.05, 0) is 46.1 Å². The zero-order valence-corrected chi connectivity index (χ0v) is 20.0. The highest BCUT2D eigenvalue weighted by atomic mass is 35.5. The predicted molar refractivity (Wildman–Crippen MR) is 117 cm³/mol. The first-order chi connectivity index (χ1) is 14.9. The molecule has 1 fully saturated rings. The normalized spacial score (nSPS) is 29.1. The summed E-state index contributed by atoms with van der Waals surface area (Å²) in [6.45, 7) is 7.02. The third-order valence-electron chi connectivity index (χ3n) is 6.47. The Labute approximate surface area is 194 Å². The van der Waals surface area contributed by atoms with E-state index in [4.69, 9.17) is 16.3 Å². The fourth-order valence-corrected chi connectivity index (χ4v) is 6.02. The van der Waals surface area contributed by atoms with Crippen LogP contribution in [0.3, 0.4) is 0 Å². The van der Waals surface area contributed by atoms with E-state index in [-0.39, 0.29) is 11.6 Å². The molecule has 2 aliphatic rings. The molecule has 0 radical (unpaired) electrons. The molecule has 11 heteroatoms. The van der Waals surface area contributed by atoms with Gasteiger partial charge in [-0.2, -0.15) is 0 Å². The number of hydrogen-bond acceptors (Lipinski definition) is 7. The maximum atomic E-state index is 13.6. The molecule has 2 aromatic heterocycles. The van der Waals surface area contributed by atoms with Crippen molar-refractivity contribution in [3.8, 4) is 0 Å². The van der Waals surface area contributed by atoms with Crippen LogP contribution in [0.2, 0.25) is 4.34 Å². The Morgan fingerprint density at radius 3 is 2.84 bits per heavy atom. The van der Waals surface area contributed by atoms with E-state index in [9.17, 15) is 19.0 Å². The molecule has 2 N–H and O–H groups in total. The number of ether oxygens (including phenoxy) is 1. The summed E-state index contributed by atoms with van der Waals surface area (Å²) >= 11 is 7.39. The number of nitrogens with zero attached hydrogens (tertiary/aromatic N) is 4. The fraction of sp³-hybridized carbons (Fsp3) is 0.714. The molecule has 0 saturated carbocycles. The maximum absolute atomic E-state index is 13.6. The van der Waals surface area contributed by atoms with E-state index in [2.05, 4.69) is 22.1 Å². The van der Waals surface area contributed by atoms with Gasteiger partial charge in [-0.1, -0.05) is 16.8 Å². The second-order valence-corrected chi connectivity index (χ2v) is 11.3. The number of aromatic nitrogens is 3. The highest BCUT2D eigenvalue weighted by molar-refractivity contribution is 7.16. The summed E-state index contributed by atoms with van der Waals surface area (Å²) in [5.74, 6) is 0. The smallest absolute Gasteiger partial charge is 0.273 e. The molecule has 0 aliphatic carbocycles. The first-order valence-corrected chi connectivity index (χ1v) is 11.9. The minimum Gasteiger partial charge on any atom is -0.390 e. The molecule has 3 atom stereocenters. The van der Waals surface area contributed by atoms with E-state index in [1.807, 2.05) is 6.20 Å². The lowest BCUT2D eigenvalue weighted by atomic mass is 9.78. The highest BCUT2D eigenvalue weighted by Gasteiger charge is 2.54. The fourth-order valence-electron chi connectivity index (χ4n) is 4.53. The Kier molecular flexibility index (Phi) is 6.41. The predicted octanol–water partition coefficient (Wildman–Crippen LogP) is 3.52. The molecule has 4 rings (SSSR count). The summed E-state index contributed by atoms with van der Waals surface area (Å²) in [6, 6.07) is 1.55. The van der Waals surface area contributed by atoms with Gasteiger partial charge in [0.15, 0.2) is 5.60 Å². The number of alkyl halides is 2. The Morgan fingerprint density at radius 2 is 2.19 bits per heavy atom. The summed E-state index contributed by atoms with van der Waals surface area (Å²) in [5.41, 5.74) is -2.79. The summed E-state index contributed by atoms with van der Waals surface area (Å²) in [4.78, 5) is 2.88. The molecule has 0 amide bonds. The molecule has 1 saturated heterocycles. The van der Waals surface area contributed by atoms with Crippen LogP contribution in [0.4, 0.5) is 8.78 Å². The zero-order valence-electron chi connectivity index (χ0n) is 18.4. The molecule has 0 aromatic carbocycles. The van der Waals surface area contributed by atoms with Crippen LogP contribution in [0, 0.1) is 0 Å². The van der Waals surface area contributed by atoms with Crippen LogP contribution < -0.4 is 0 Å². The van der Waals surface area contributed by atoms with Crippen molar-refractivity contribution in [1.82, 2.24) is 19.9 Å². The van der Waals surface area contributed by atoms with Gasteiger partial charge < -0.3 is 14.9 Å². The summed E-state index contributed by atoms with van der Waals surface area (Å²) in [5, 5.41) is 28.9. The van der Waals surface area contributed by atoms with Crippen molar-refractivity contribution in [2.75, 3.05) is 13.2 Å². The highest BCUT2D eigenvalue weighted by Crippen LogP contribution is 2.53. The monoisotopic (exact) mass is 490 g/mol. The van der Waals surface area contributed by atoms with Crippen molar-refractivity contribution in [3.63, 3.8) is 0 Å². The van der Waals surface area contributed by atoms with Gasteiger partial charge in [0.1, 0.15) is 5.60 Å². The van der Waals surface area contributed by atoms with Crippen LogP contribution in [0.5, 0.6) is 0 Å². The molecule has 1 spiro atoms. The van der Waals surface area contributed by atoms with Gasteiger partial charge in [-0.25, -0.2) is 8.78 Å². The largest absolute Gasteiger partial charge is 0.390 e.